The molecule has 1 unspecified atom stereocenters. The number of likely N-dealkylation sites (tertiary alicyclic amines) is 2. The van der Waals surface area contributed by atoms with Crippen molar-refractivity contribution in [3.8, 4) is 23.5 Å². The van der Waals surface area contributed by atoms with Crippen LogP contribution < -0.4 is 29.1 Å². The molecule has 20 nitrogen and oxygen atoms in total. The van der Waals surface area contributed by atoms with Crippen LogP contribution in [0.2, 0.25) is 0 Å². The van der Waals surface area contributed by atoms with E-state index >= 15 is 0 Å². The minimum atomic E-state index is -0.295. The fourth-order valence-electron chi connectivity index (χ4n) is 13.1. The van der Waals surface area contributed by atoms with Crippen LogP contribution in [-0.4, -0.2) is 196 Å². The number of hydrogen-bond acceptors (Lipinski definition) is 17. The van der Waals surface area contributed by atoms with E-state index in [-0.39, 0.29) is 36.0 Å². The van der Waals surface area contributed by atoms with Gasteiger partial charge in [0.05, 0.1) is 61.5 Å². The molecule has 0 spiro atoms. The molecule has 3 aromatic heterocycles. The number of carbonyl (C=O) groups is 2. The average molecular weight is 1150 g/mol. The average Bonchev–Trinajstić information content (AvgIpc) is 2.18. The Morgan fingerprint density at radius 2 is 1.17 bits per heavy atom. The number of nitrogens with one attached hydrogen (secondary N) is 1. The molecule has 3 aromatic carbocycles. The number of aliphatic hydroxyl groups excluding tert-OH is 1. The van der Waals surface area contributed by atoms with E-state index in [9.17, 15) is 24.9 Å². The van der Waals surface area contributed by atoms with Gasteiger partial charge in [0.2, 0.25) is 11.8 Å². The number of aromatic amines is 1. The van der Waals surface area contributed by atoms with Gasteiger partial charge in [-0.25, -0.2) is 0 Å². The number of piperazine rings is 2. The highest BCUT2D eigenvalue weighted by Crippen LogP contribution is 2.39. The van der Waals surface area contributed by atoms with Gasteiger partial charge < -0.3 is 69.0 Å². The Bertz CT molecular complexity index is 3300. The SMILES string of the molecule is C=CC(=O)N1CCN(c2nc(OCCCN3CCCCC3)nc3c2CCN(c2cc(O)cc4cc(C)[nH]c24)C3)CC1.C=CC(=O)N1CCN(c2nc(OCCCN3CCCCC3)nc3c2CCN(c2cc(O)cc4ccccc24)C3)C(CO)C1. The summed E-state index contributed by atoms with van der Waals surface area (Å²) in [6, 6.07) is 17.9. The van der Waals surface area contributed by atoms with E-state index < -0.39 is 0 Å². The summed E-state index contributed by atoms with van der Waals surface area (Å²) in [6.07, 6.45) is 13.8. The van der Waals surface area contributed by atoms with Gasteiger partial charge in [-0.3, -0.25) is 9.59 Å². The molecule has 2 amide bonds. The maximum atomic E-state index is 12.3. The van der Waals surface area contributed by atoms with Gasteiger partial charge in [-0.2, -0.15) is 19.9 Å². The van der Waals surface area contributed by atoms with Crippen LogP contribution in [0.5, 0.6) is 23.5 Å². The number of nitrogens with zero attached hydrogens (tertiary/aromatic N) is 12. The molecule has 4 N–H and O–H groups in total. The first-order chi connectivity index (χ1) is 41.0. The van der Waals surface area contributed by atoms with Crippen molar-refractivity contribution in [2.24, 2.45) is 0 Å². The summed E-state index contributed by atoms with van der Waals surface area (Å²) in [5.74, 6) is 2.03. The van der Waals surface area contributed by atoms with E-state index in [0.717, 1.165) is 131 Å². The first-order valence-electron chi connectivity index (χ1n) is 30.5. The summed E-state index contributed by atoms with van der Waals surface area (Å²) in [6.45, 7) is 23.8. The smallest absolute Gasteiger partial charge is 0.318 e. The predicted octanol–water partition coefficient (Wildman–Crippen LogP) is 6.97. The third-order valence-electron chi connectivity index (χ3n) is 17.5. The van der Waals surface area contributed by atoms with E-state index in [4.69, 9.17) is 29.4 Å². The molecule has 4 fully saturated rings. The van der Waals surface area contributed by atoms with Crippen molar-refractivity contribution in [2.75, 3.05) is 138 Å². The number of aliphatic hydroxyl groups is 1. The minimum Gasteiger partial charge on any atom is -0.508 e. The standard InChI is InChI=1S/C33H42N6O4.C31H41N7O3/c1-2-31(42)38-16-17-39(25(21-38)23-40)32-28-11-15-37(30-20-26(41)19-24-9-4-5-10-27(24)30)22-29(28)34-33(35-32)43-18-8-14-36-12-6-3-7-13-36;1-3-28(40)36-13-15-37(16-14-36)30-25-8-12-38(27-20-24(39)19-23-18-22(2)32-29(23)27)21-26(25)33-31(34-30)41-17-7-11-35-9-5-4-6-10-35/h2,4-5,9-10,19-20,25,40-41H,1,3,6-8,11-18,21-23H2;3,18-20,32,39H,1,4-17,21H2,2H3. The van der Waals surface area contributed by atoms with Crippen LogP contribution in [0.1, 0.15) is 79.6 Å². The van der Waals surface area contributed by atoms with Gasteiger partial charge in [0.1, 0.15) is 23.1 Å². The number of amides is 2. The molecule has 4 saturated heterocycles. The lowest BCUT2D eigenvalue weighted by molar-refractivity contribution is -0.127. The Hall–Kier alpha value is -7.68. The maximum Gasteiger partial charge on any atom is 0.318 e. The predicted molar refractivity (Wildman–Crippen MR) is 329 cm³/mol. The highest BCUT2D eigenvalue weighted by Gasteiger charge is 2.35. The van der Waals surface area contributed by atoms with Crippen molar-refractivity contribution < 1.29 is 34.4 Å². The van der Waals surface area contributed by atoms with E-state index in [1.807, 2.05) is 42.2 Å². The van der Waals surface area contributed by atoms with Crippen molar-refractivity contribution in [1.29, 1.82) is 0 Å². The number of carbonyl (C=O) groups excluding carboxylic acids is 2. The molecule has 0 radical (unpaired) electrons. The molecular weight excluding hydrogens is 1060 g/mol. The van der Waals surface area contributed by atoms with Crippen LogP contribution in [0.15, 0.2) is 79.9 Å². The van der Waals surface area contributed by atoms with Crippen molar-refractivity contribution in [1.82, 2.24) is 44.5 Å². The molecule has 6 aliphatic rings. The van der Waals surface area contributed by atoms with Crippen LogP contribution in [0.4, 0.5) is 23.0 Å². The van der Waals surface area contributed by atoms with Crippen molar-refractivity contribution in [3.05, 3.63) is 108 Å². The summed E-state index contributed by atoms with van der Waals surface area (Å²) < 4.78 is 12.4. The van der Waals surface area contributed by atoms with Gasteiger partial charge in [0.25, 0.3) is 0 Å². The monoisotopic (exact) mass is 1150 g/mol. The van der Waals surface area contributed by atoms with E-state index in [1.54, 1.807) is 17.0 Å². The van der Waals surface area contributed by atoms with Gasteiger partial charge in [-0.05, 0) is 120 Å². The minimum absolute atomic E-state index is 0.0280. The second-order valence-corrected chi connectivity index (χ2v) is 23.2. The second kappa shape index (κ2) is 26.9. The van der Waals surface area contributed by atoms with Crippen molar-refractivity contribution in [2.45, 2.75) is 90.3 Å². The van der Waals surface area contributed by atoms with E-state index in [2.05, 4.69) is 59.7 Å². The first-order valence-corrected chi connectivity index (χ1v) is 30.5. The van der Waals surface area contributed by atoms with Gasteiger partial charge >= 0.3 is 12.0 Å². The van der Waals surface area contributed by atoms with Gasteiger partial charge in [0, 0.05) is 117 Å². The van der Waals surface area contributed by atoms with Crippen LogP contribution >= 0.6 is 0 Å². The number of fused-ring (bicyclic) bond motifs is 4. The summed E-state index contributed by atoms with van der Waals surface area (Å²) in [4.78, 5) is 65.2. The second-order valence-electron chi connectivity index (χ2n) is 23.2. The highest BCUT2D eigenvalue weighted by molar-refractivity contribution is 5.96. The normalized spacial score (nSPS) is 18.7. The molecule has 20 heteroatoms. The van der Waals surface area contributed by atoms with Crippen LogP contribution in [0, 0.1) is 6.92 Å². The number of phenols is 2. The Morgan fingerprint density at radius 1 is 0.619 bits per heavy atom. The Balaban J connectivity index is 0.000000176. The van der Waals surface area contributed by atoms with Gasteiger partial charge in [0.15, 0.2) is 0 Å². The van der Waals surface area contributed by atoms with Crippen LogP contribution in [0.3, 0.4) is 0 Å². The topological polar surface area (TPSA) is 207 Å². The number of rotatable bonds is 17. The van der Waals surface area contributed by atoms with Crippen LogP contribution in [-0.2, 0) is 35.5 Å². The highest BCUT2D eigenvalue weighted by atomic mass is 16.5. The number of aromatic hydroxyl groups is 2. The van der Waals surface area contributed by atoms with Gasteiger partial charge in [-0.1, -0.05) is 50.3 Å². The molecule has 0 bridgehead atoms. The molecular formula is C64H83N13O7. The molecule has 84 heavy (non-hydrogen) atoms. The molecule has 6 aromatic rings. The number of anilines is 4. The Labute approximate surface area is 493 Å². The number of aryl methyl sites for hydroxylation is 1. The molecule has 1 atom stereocenters. The third kappa shape index (κ3) is 13.5. The molecule has 12 rings (SSSR count). The maximum absolute atomic E-state index is 12.3. The zero-order valence-electron chi connectivity index (χ0n) is 48.9. The number of H-pyrrole nitrogens is 1. The van der Waals surface area contributed by atoms with Crippen LogP contribution in [0.25, 0.3) is 21.7 Å². The fourth-order valence-corrected chi connectivity index (χ4v) is 13.1. The molecule has 0 saturated carbocycles. The quantitative estimate of drug-likeness (QED) is 0.0537. The van der Waals surface area contributed by atoms with Gasteiger partial charge in [-0.15, -0.1) is 0 Å². The van der Waals surface area contributed by atoms with Crippen molar-refractivity contribution >= 4 is 56.5 Å². The number of aromatic nitrogens is 5. The molecule has 6 aliphatic heterocycles. The zero-order chi connectivity index (χ0) is 58.1. The number of ether oxygens (including phenoxy) is 2. The molecule has 0 aliphatic carbocycles. The lowest BCUT2D eigenvalue weighted by atomic mass is 10.0. The number of phenolic OH excluding ortho intramolecular Hbond substituents is 2. The third-order valence-corrected chi connectivity index (χ3v) is 17.5. The largest absolute Gasteiger partial charge is 0.508 e. The fraction of sp³-hybridized carbons (Fsp3) is 0.500. The summed E-state index contributed by atoms with van der Waals surface area (Å²) in [5, 5.41) is 34.4. The lowest BCUT2D eigenvalue weighted by Crippen LogP contribution is -2.56. The molecule has 446 valence electrons. The Kier molecular flexibility index (Phi) is 18.6. The summed E-state index contributed by atoms with van der Waals surface area (Å²) >= 11 is 0. The summed E-state index contributed by atoms with van der Waals surface area (Å²) in [7, 11) is 0. The Morgan fingerprint density at radius 3 is 1.79 bits per heavy atom. The number of benzene rings is 3. The first kappa shape index (κ1) is 58.1. The number of hydrogen-bond donors (Lipinski definition) is 4. The summed E-state index contributed by atoms with van der Waals surface area (Å²) in [5.41, 5.74) is 8.05. The van der Waals surface area contributed by atoms with E-state index in [0.29, 0.717) is 90.6 Å². The zero-order valence-corrected chi connectivity index (χ0v) is 48.9. The van der Waals surface area contributed by atoms with E-state index in [1.165, 1.54) is 63.8 Å². The van der Waals surface area contributed by atoms with Crippen molar-refractivity contribution in [3.63, 3.8) is 0 Å². The lowest BCUT2D eigenvalue weighted by Gasteiger charge is -2.42. The molecule has 9 heterocycles. The number of piperidine rings is 2.